The highest BCUT2D eigenvalue weighted by Crippen LogP contribution is 2.38. The molecule has 0 unspecified atom stereocenters. The van der Waals surface area contributed by atoms with E-state index in [9.17, 15) is 4.79 Å². The van der Waals surface area contributed by atoms with Crippen LogP contribution in [0, 0.1) is 0 Å². The number of amides is 1. The summed E-state index contributed by atoms with van der Waals surface area (Å²) in [5.41, 5.74) is 4.36. The van der Waals surface area contributed by atoms with Gasteiger partial charge < -0.3 is 19.5 Å². The highest BCUT2D eigenvalue weighted by Gasteiger charge is 2.28. The van der Waals surface area contributed by atoms with Crippen LogP contribution in [0.3, 0.4) is 0 Å². The first-order valence-electron chi connectivity index (χ1n) is 12.0. The molecule has 1 fully saturated rings. The third-order valence-electron chi connectivity index (χ3n) is 5.72. The van der Waals surface area contributed by atoms with Crippen LogP contribution in [0.2, 0.25) is 13.1 Å². The maximum atomic E-state index is 13.4. The van der Waals surface area contributed by atoms with Crippen molar-refractivity contribution in [3.8, 4) is 22.6 Å². The predicted octanol–water partition coefficient (Wildman–Crippen LogP) is 6.41. The van der Waals surface area contributed by atoms with E-state index < -0.39 is 0 Å². The summed E-state index contributed by atoms with van der Waals surface area (Å²) >= 11 is 0. The van der Waals surface area contributed by atoms with Gasteiger partial charge in [-0.2, -0.15) is 0 Å². The Morgan fingerprint density at radius 3 is 2.59 bits per heavy atom. The number of carbonyl (C=O) groups is 1. The minimum Gasteiger partial charge on any atom is -0.494 e. The standard InChI is InChI=1S/C28H31BNO4/c1-3-4-15-33-26-18-22(32-16-14-29-2)11-13-24(26)28(31)30-25-17-21(20-8-6-5-7-9-20)10-12-23(25)27-19-34-27/h5-13,17-18,27H,3-4,14-16,19H2,1-2H3,(H,30,31)/t27-/m1/s1. The van der Waals surface area contributed by atoms with Gasteiger partial charge in [0.25, 0.3) is 5.91 Å². The molecule has 0 bridgehead atoms. The Balaban J connectivity index is 1.59. The number of unbranched alkanes of at least 4 members (excludes halogenated alkanes) is 1. The molecule has 175 valence electrons. The topological polar surface area (TPSA) is 60.1 Å². The van der Waals surface area contributed by atoms with Crippen molar-refractivity contribution >= 4 is 18.9 Å². The van der Waals surface area contributed by atoms with Gasteiger partial charge in [-0.15, -0.1) is 0 Å². The molecule has 0 aliphatic carbocycles. The van der Waals surface area contributed by atoms with Gasteiger partial charge in [0.15, 0.2) is 0 Å². The smallest absolute Gasteiger partial charge is 0.259 e. The number of nitrogens with one attached hydrogen (secondary N) is 1. The molecule has 3 aromatic carbocycles. The van der Waals surface area contributed by atoms with Crippen LogP contribution >= 0.6 is 0 Å². The van der Waals surface area contributed by atoms with E-state index in [1.54, 1.807) is 6.07 Å². The SMILES string of the molecule is C[B]CCOc1ccc(C(=O)Nc2cc(-c3ccccc3)ccc2[C@H]2CO2)c(OCCCC)c1. The quantitative estimate of drug-likeness (QED) is 0.195. The highest BCUT2D eigenvalue weighted by molar-refractivity contribution is 6.33. The summed E-state index contributed by atoms with van der Waals surface area (Å²) in [6.07, 6.45) is 2.81. The van der Waals surface area contributed by atoms with Crippen LogP contribution in [0.1, 0.15) is 41.8 Å². The lowest BCUT2D eigenvalue weighted by atomic mass is 9.79. The van der Waals surface area contributed by atoms with Crippen LogP contribution in [-0.2, 0) is 4.74 Å². The van der Waals surface area contributed by atoms with Gasteiger partial charge in [0.1, 0.15) is 24.9 Å². The molecule has 1 N–H and O–H groups in total. The molecular formula is C28H31BNO4. The molecule has 3 aromatic rings. The summed E-state index contributed by atoms with van der Waals surface area (Å²) < 4.78 is 17.3. The number of benzene rings is 3. The Kier molecular flexibility index (Phi) is 8.26. The van der Waals surface area contributed by atoms with Gasteiger partial charge in [-0.1, -0.05) is 62.6 Å². The highest BCUT2D eigenvalue weighted by atomic mass is 16.6. The number of hydrogen-bond donors (Lipinski definition) is 1. The maximum absolute atomic E-state index is 13.4. The van der Waals surface area contributed by atoms with Crippen LogP contribution < -0.4 is 14.8 Å². The maximum Gasteiger partial charge on any atom is 0.259 e. The van der Waals surface area contributed by atoms with Crippen LogP contribution in [0.5, 0.6) is 11.5 Å². The first kappa shape index (κ1) is 23.9. The van der Waals surface area contributed by atoms with Crippen LogP contribution in [-0.4, -0.2) is 33.0 Å². The average Bonchev–Trinajstić information content (AvgIpc) is 3.70. The van der Waals surface area contributed by atoms with Gasteiger partial charge in [-0.25, -0.2) is 0 Å². The minimum absolute atomic E-state index is 0.0199. The number of ether oxygens (including phenoxy) is 3. The Morgan fingerprint density at radius 1 is 1.03 bits per heavy atom. The largest absolute Gasteiger partial charge is 0.494 e. The Hall–Kier alpha value is -3.25. The van der Waals surface area contributed by atoms with Crippen molar-refractivity contribution in [1.82, 2.24) is 0 Å². The Morgan fingerprint density at radius 2 is 1.85 bits per heavy atom. The molecular weight excluding hydrogens is 425 g/mol. The summed E-state index contributed by atoms with van der Waals surface area (Å²) in [5, 5.41) is 3.12. The van der Waals surface area contributed by atoms with Gasteiger partial charge in [0.05, 0.1) is 25.4 Å². The second kappa shape index (κ2) is 11.8. The molecule has 34 heavy (non-hydrogen) atoms. The van der Waals surface area contributed by atoms with Crippen LogP contribution in [0.25, 0.3) is 11.1 Å². The molecule has 1 radical (unpaired) electrons. The molecule has 1 aliphatic rings. The minimum atomic E-state index is -0.216. The van der Waals surface area contributed by atoms with Crippen molar-refractivity contribution in [2.75, 3.05) is 25.1 Å². The van der Waals surface area contributed by atoms with Gasteiger partial charge >= 0.3 is 0 Å². The van der Waals surface area contributed by atoms with E-state index in [0.717, 1.165) is 41.5 Å². The molecule has 0 saturated carbocycles. The van der Waals surface area contributed by atoms with E-state index in [2.05, 4.69) is 37.7 Å². The van der Waals surface area contributed by atoms with E-state index in [4.69, 9.17) is 14.2 Å². The molecule has 1 aliphatic heterocycles. The second-order valence-electron chi connectivity index (χ2n) is 8.35. The molecule has 0 spiro atoms. The Bertz CT molecular complexity index is 1100. The number of hydrogen-bond acceptors (Lipinski definition) is 4. The summed E-state index contributed by atoms with van der Waals surface area (Å²) in [4.78, 5) is 13.4. The summed E-state index contributed by atoms with van der Waals surface area (Å²) in [7, 11) is 2.06. The summed E-state index contributed by atoms with van der Waals surface area (Å²) in [5.74, 6) is 1.02. The molecule has 0 aromatic heterocycles. The molecule has 4 rings (SSSR count). The van der Waals surface area contributed by atoms with Crippen LogP contribution in [0.15, 0.2) is 66.7 Å². The Labute approximate surface area is 202 Å². The lowest BCUT2D eigenvalue weighted by Gasteiger charge is -2.16. The van der Waals surface area contributed by atoms with Crippen LogP contribution in [0.4, 0.5) is 5.69 Å². The van der Waals surface area contributed by atoms with Gasteiger partial charge in [0, 0.05) is 17.3 Å². The normalized spacial score (nSPS) is 14.4. The van der Waals surface area contributed by atoms with Crippen molar-refractivity contribution in [3.63, 3.8) is 0 Å². The number of anilines is 1. The zero-order chi connectivity index (χ0) is 23.8. The monoisotopic (exact) mass is 456 g/mol. The molecule has 1 amide bonds. The van der Waals surface area contributed by atoms with E-state index in [1.807, 2.05) is 49.3 Å². The molecule has 1 saturated heterocycles. The van der Waals surface area contributed by atoms with Gasteiger partial charge in [-0.05, 0) is 42.1 Å². The summed E-state index contributed by atoms with van der Waals surface area (Å²) in [6, 6.07) is 21.7. The van der Waals surface area contributed by atoms with Gasteiger partial charge in [-0.3, -0.25) is 4.79 Å². The number of carbonyl (C=O) groups excluding carboxylic acids is 1. The first-order chi connectivity index (χ1) is 16.7. The fourth-order valence-corrected chi connectivity index (χ4v) is 3.69. The first-order valence-corrected chi connectivity index (χ1v) is 12.0. The van der Waals surface area contributed by atoms with E-state index in [-0.39, 0.29) is 12.0 Å². The zero-order valence-corrected chi connectivity index (χ0v) is 19.9. The third kappa shape index (κ3) is 6.20. The number of rotatable bonds is 12. The molecule has 6 heteroatoms. The van der Waals surface area contributed by atoms with E-state index >= 15 is 0 Å². The van der Waals surface area contributed by atoms with Crippen molar-refractivity contribution in [1.29, 1.82) is 0 Å². The second-order valence-corrected chi connectivity index (χ2v) is 8.35. The van der Waals surface area contributed by atoms with E-state index in [1.165, 1.54) is 0 Å². The lowest BCUT2D eigenvalue weighted by molar-refractivity contribution is 0.102. The summed E-state index contributed by atoms with van der Waals surface area (Å²) in [6.45, 7) is 5.92. The zero-order valence-electron chi connectivity index (χ0n) is 19.9. The van der Waals surface area contributed by atoms with Gasteiger partial charge in [0.2, 0.25) is 0 Å². The average molecular weight is 456 g/mol. The lowest BCUT2D eigenvalue weighted by Crippen LogP contribution is -2.15. The predicted molar refractivity (Wildman–Crippen MR) is 137 cm³/mol. The number of epoxide rings is 1. The van der Waals surface area contributed by atoms with E-state index in [0.29, 0.717) is 36.9 Å². The molecule has 1 atom stereocenters. The van der Waals surface area contributed by atoms with Crippen molar-refractivity contribution in [2.24, 2.45) is 0 Å². The van der Waals surface area contributed by atoms with Crippen molar-refractivity contribution < 1.29 is 19.0 Å². The molecule has 1 heterocycles. The molecule has 5 nitrogen and oxygen atoms in total. The fraction of sp³-hybridized carbons (Fsp3) is 0.321. The third-order valence-corrected chi connectivity index (χ3v) is 5.72. The van der Waals surface area contributed by atoms with Crippen molar-refractivity contribution in [2.45, 2.75) is 39.0 Å². The van der Waals surface area contributed by atoms with Crippen molar-refractivity contribution in [3.05, 3.63) is 77.9 Å². The fourth-order valence-electron chi connectivity index (χ4n) is 3.69.